The SMILES string of the molecule is Cc1ccc(C#N)cc1S(=O)(=O)NC1CNCCC1c1ccc(F)c(F)c1.Cl. The van der Waals surface area contributed by atoms with Gasteiger partial charge in [-0.15, -0.1) is 12.4 Å². The van der Waals surface area contributed by atoms with Crippen LogP contribution in [0.5, 0.6) is 0 Å². The van der Waals surface area contributed by atoms with E-state index in [2.05, 4.69) is 10.0 Å². The van der Waals surface area contributed by atoms with E-state index < -0.39 is 27.7 Å². The largest absolute Gasteiger partial charge is 0.315 e. The average molecular weight is 428 g/mol. The van der Waals surface area contributed by atoms with Crippen molar-refractivity contribution in [3.05, 3.63) is 64.7 Å². The third-order valence-corrected chi connectivity index (χ3v) is 6.40. The molecule has 1 heterocycles. The summed E-state index contributed by atoms with van der Waals surface area (Å²) in [5.74, 6) is -2.19. The Labute approximate surface area is 169 Å². The van der Waals surface area contributed by atoms with Gasteiger partial charge in [0.15, 0.2) is 11.6 Å². The van der Waals surface area contributed by atoms with Crippen molar-refractivity contribution in [1.82, 2.24) is 10.0 Å². The second-order valence-corrected chi connectivity index (χ2v) is 8.28. The molecule has 3 rings (SSSR count). The fourth-order valence-corrected chi connectivity index (χ4v) is 4.89. The number of halogens is 3. The predicted molar refractivity (Wildman–Crippen MR) is 104 cm³/mol. The van der Waals surface area contributed by atoms with Crippen LogP contribution in [0.1, 0.15) is 29.0 Å². The molecule has 2 N–H and O–H groups in total. The van der Waals surface area contributed by atoms with Crippen LogP contribution in [0, 0.1) is 29.9 Å². The Balaban J connectivity index is 0.00000280. The highest BCUT2D eigenvalue weighted by molar-refractivity contribution is 7.89. The maximum absolute atomic E-state index is 13.6. The number of piperidine rings is 1. The zero-order chi connectivity index (χ0) is 19.6. The molecule has 2 atom stereocenters. The van der Waals surface area contributed by atoms with E-state index in [1.54, 1.807) is 19.1 Å². The standard InChI is InChI=1S/C19H19F2N3O2S.ClH/c1-12-2-3-13(10-22)8-19(12)27(25,26)24-18-11-23-7-6-15(18)14-4-5-16(20)17(21)9-14;/h2-5,8-9,15,18,23-24H,6-7,11H2,1H3;1H. The lowest BCUT2D eigenvalue weighted by atomic mass is 9.86. The van der Waals surface area contributed by atoms with Crippen LogP contribution < -0.4 is 10.0 Å². The molecular weight excluding hydrogens is 408 g/mol. The van der Waals surface area contributed by atoms with Gasteiger partial charge in [-0.3, -0.25) is 0 Å². The van der Waals surface area contributed by atoms with Crippen molar-refractivity contribution in [2.24, 2.45) is 0 Å². The predicted octanol–water partition coefficient (Wildman–Crippen LogP) is 2.99. The molecule has 28 heavy (non-hydrogen) atoms. The number of nitriles is 1. The lowest BCUT2D eigenvalue weighted by molar-refractivity contribution is 0.376. The molecule has 2 aromatic carbocycles. The minimum atomic E-state index is -3.89. The van der Waals surface area contributed by atoms with Crippen LogP contribution >= 0.6 is 12.4 Å². The molecule has 0 radical (unpaired) electrons. The summed E-state index contributed by atoms with van der Waals surface area (Å²) in [6.07, 6.45) is 0.579. The first-order chi connectivity index (χ1) is 12.8. The molecule has 2 aromatic rings. The summed E-state index contributed by atoms with van der Waals surface area (Å²) in [6.45, 7) is 2.66. The molecule has 1 fully saturated rings. The van der Waals surface area contributed by atoms with Gasteiger partial charge in [-0.25, -0.2) is 21.9 Å². The van der Waals surface area contributed by atoms with Crippen LogP contribution in [0.25, 0.3) is 0 Å². The molecule has 9 heteroatoms. The van der Waals surface area contributed by atoms with Gasteiger partial charge in [0.25, 0.3) is 0 Å². The summed E-state index contributed by atoms with van der Waals surface area (Å²) in [4.78, 5) is 0.0381. The molecule has 0 spiro atoms. The molecule has 1 saturated heterocycles. The quantitative estimate of drug-likeness (QED) is 0.785. The number of nitrogens with zero attached hydrogens (tertiary/aromatic N) is 1. The number of nitrogens with one attached hydrogen (secondary N) is 2. The summed E-state index contributed by atoms with van der Waals surface area (Å²) in [5, 5.41) is 12.2. The molecule has 5 nitrogen and oxygen atoms in total. The summed E-state index contributed by atoms with van der Waals surface area (Å²) in [7, 11) is -3.89. The molecule has 150 valence electrons. The third-order valence-electron chi connectivity index (χ3n) is 4.77. The second-order valence-electron chi connectivity index (χ2n) is 6.59. The van der Waals surface area contributed by atoms with Gasteiger partial charge in [-0.05, 0) is 55.3 Å². The molecule has 2 unspecified atom stereocenters. The smallest absolute Gasteiger partial charge is 0.241 e. The summed E-state index contributed by atoms with van der Waals surface area (Å²) in [6, 6.07) is 9.54. The molecule has 1 aliphatic rings. The number of sulfonamides is 1. The normalized spacial score (nSPS) is 19.5. The molecular formula is C19H20ClF2N3O2S. The fraction of sp³-hybridized carbons (Fsp3) is 0.316. The Kier molecular flexibility index (Phi) is 7.12. The summed E-state index contributed by atoms with van der Waals surface area (Å²) in [5.41, 5.74) is 1.32. The maximum Gasteiger partial charge on any atom is 0.241 e. The van der Waals surface area contributed by atoms with Gasteiger partial charge in [0.1, 0.15) is 0 Å². The number of aryl methyl sites for hydroxylation is 1. The van der Waals surface area contributed by atoms with Crippen LogP contribution in [0.15, 0.2) is 41.3 Å². The molecule has 0 saturated carbocycles. The van der Waals surface area contributed by atoms with Crippen LogP contribution in [0.3, 0.4) is 0 Å². The Bertz CT molecular complexity index is 1010. The van der Waals surface area contributed by atoms with E-state index in [9.17, 15) is 17.2 Å². The van der Waals surface area contributed by atoms with Crippen molar-refractivity contribution in [2.45, 2.75) is 30.2 Å². The van der Waals surface area contributed by atoms with Crippen molar-refractivity contribution in [2.75, 3.05) is 13.1 Å². The van der Waals surface area contributed by atoms with E-state index in [4.69, 9.17) is 5.26 Å². The molecule has 1 aliphatic heterocycles. The number of hydrogen-bond acceptors (Lipinski definition) is 4. The average Bonchev–Trinajstić information content (AvgIpc) is 2.64. The van der Waals surface area contributed by atoms with E-state index in [1.807, 2.05) is 6.07 Å². The van der Waals surface area contributed by atoms with Crippen LogP contribution in [0.2, 0.25) is 0 Å². The third kappa shape index (κ3) is 4.67. The molecule has 0 aliphatic carbocycles. The fourth-order valence-electron chi connectivity index (χ4n) is 3.35. The van der Waals surface area contributed by atoms with Gasteiger partial charge < -0.3 is 5.32 Å². The van der Waals surface area contributed by atoms with Crippen LogP contribution in [-0.4, -0.2) is 27.5 Å². The number of hydrogen-bond donors (Lipinski definition) is 2. The van der Waals surface area contributed by atoms with Crippen molar-refractivity contribution < 1.29 is 17.2 Å². The Morgan fingerprint density at radius 3 is 2.61 bits per heavy atom. The van der Waals surface area contributed by atoms with Gasteiger partial charge >= 0.3 is 0 Å². The number of benzene rings is 2. The van der Waals surface area contributed by atoms with Gasteiger partial charge in [-0.2, -0.15) is 5.26 Å². The van der Waals surface area contributed by atoms with Crippen LogP contribution in [-0.2, 0) is 10.0 Å². The van der Waals surface area contributed by atoms with Gasteiger partial charge in [-0.1, -0.05) is 12.1 Å². The Morgan fingerprint density at radius 2 is 1.93 bits per heavy atom. The highest BCUT2D eigenvalue weighted by atomic mass is 35.5. The maximum atomic E-state index is 13.6. The van der Waals surface area contributed by atoms with E-state index in [-0.39, 0.29) is 28.8 Å². The highest BCUT2D eigenvalue weighted by Gasteiger charge is 2.31. The first kappa shape index (κ1) is 22.2. The highest BCUT2D eigenvalue weighted by Crippen LogP contribution is 2.28. The Hall–Kier alpha value is -2.05. The van der Waals surface area contributed by atoms with Crippen LogP contribution in [0.4, 0.5) is 8.78 Å². The first-order valence-corrected chi connectivity index (χ1v) is 9.99. The van der Waals surface area contributed by atoms with Crippen molar-refractivity contribution in [3.8, 4) is 6.07 Å². The van der Waals surface area contributed by atoms with Gasteiger partial charge in [0.2, 0.25) is 10.0 Å². The molecule has 0 bridgehead atoms. The molecule has 0 aromatic heterocycles. The van der Waals surface area contributed by atoms with Gasteiger partial charge in [0.05, 0.1) is 16.5 Å². The summed E-state index contributed by atoms with van der Waals surface area (Å²) >= 11 is 0. The minimum Gasteiger partial charge on any atom is -0.315 e. The van der Waals surface area contributed by atoms with E-state index >= 15 is 0 Å². The first-order valence-electron chi connectivity index (χ1n) is 8.50. The van der Waals surface area contributed by atoms with Gasteiger partial charge in [0, 0.05) is 18.5 Å². The lowest BCUT2D eigenvalue weighted by Crippen LogP contribution is -2.50. The second kappa shape index (κ2) is 8.97. The lowest BCUT2D eigenvalue weighted by Gasteiger charge is -2.33. The van der Waals surface area contributed by atoms with E-state index in [0.717, 1.165) is 12.1 Å². The summed E-state index contributed by atoms with van der Waals surface area (Å²) < 4.78 is 55.4. The topological polar surface area (TPSA) is 82.0 Å². The molecule has 0 amide bonds. The van der Waals surface area contributed by atoms with Crippen molar-refractivity contribution in [1.29, 1.82) is 5.26 Å². The minimum absolute atomic E-state index is 0. The Morgan fingerprint density at radius 1 is 1.18 bits per heavy atom. The number of rotatable bonds is 4. The zero-order valence-corrected chi connectivity index (χ0v) is 16.7. The van der Waals surface area contributed by atoms with Crippen molar-refractivity contribution >= 4 is 22.4 Å². The zero-order valence-electron chi connectivity index (χ0n) is 15.1. The van der Waals surface area contributed by atoms with E-state index in [1.165, 1.54) is 12.1 Å². The van der Waals surface area contributed by atoms with E-state index in [0.29, 0.717) is 30.6 Å². The van der Waals surface area contributed by atoms with Crippen molar-refractivity contribution in [3.63, 3.8) is 0 Å². The monoisotopic (exact) mass is 427 g/mol.